The van der Waals surface area contributed by atoms with Gasteiger partial charge in [0.15, 0.2) is 8.24 Å². The highest BCUT2D eigenvalue weighted by Crippen LogP contribution is 2.36. The lowest BCUT2D eigenvalue weighted by atomic mass is 10.1. The third-order valence-corrected chi connectivity index (χ3v) is 10.2. The van der Waals surface area contributed by atoms with Crippen LogP contribution in [-0.4, -0.2) is 36.7 Å². The van der Waals surface area contributed by atoms with E-state index in [1.807, 2.05) is 30.3 Å². The molecule has 1 aromatic rings. The number of amides is 3. The van der Waals surface area contributed by atoms with Crippen LogP contribution in [0, 0.1) is 0 Å². The SMILES string of the molecule is CC[Si](CC)(CC)N1C(=O)C(c2ccccc2)N(C)C1=O. The third kappa shape index (κ3) is 2.39. The Morgan fingerprint density at radius 2 is 1.52 bits per heavy atom. The van der Waals surface area contributed by atoms with E-state index in [2.05, 4.69) is 20.8 Å². The lowest BCUT2D eigenvalue weighted by Gasteiger charge is -2.35. The summed E-state index contributed by atoms with van der Waals surface area (Å²) in [4.78, 5) is 27.2. The molecular formula is C16H24N2O2Si. The molecule has 4 nitrogen and oxygen atoms in total. The summed E-state index contributed by atoms with van der Waals surface area (Å²) < 4.78 is 1.64. The zero-order chi connectivity index (χ0) is 15.6. The number of likely N-dealkylation sites (N-methyl/N-ethyl adjacent to an activating group) is 1. The van der Waals surface area contributed by atoms with Crippen LogP contribution in [0.1, 0.15) is 32.4 Å². The predicted molar refractivity (Wildman–Crippen MR) is 86.4 cm³/mol. The molecule has 1 unspecified atom stereocenters. The minimum atomic E-state index is -2.03. The van der Waals surface area contributed by atoms with Gasteiger partial charge in [-0.05, 0) is 23.7 Å². The topological polar surface area (TPSA) is 40.6 Å². The number of imide groups is 1. The normalized spacial score (nSPS) is 19.5. The first kappa shape index (κ1) is 15.8. The van der Waals surface area contributed by atoms with Gasteiger partial charge in [-0.2, -0.15) is 0 Å². The minimum absolute atomic E-state index is 0.0362. The Labute approximate surface area is 127 Å². The molecule has 3 amide bonds. The van der Waals surface area contributed by atoms with Crippen molar-refractivity contribution in [2.45, 2.75) is 44.9 Å². The van der Waals surface area contributed by atoms with Gasteiger partial charge in [0.2, 0.25) is 5.91 Å². The molecule has 1 heterocycles. The van der Waals surface area contributed by atoms with E-state index in [0.29, 0.717) is 0 Å². The van der Waals surface area contributed by atoms with E-state index in [1.54, 1.807) is 16.5 Å². The van der Waals surface area contributed by atoms with Crippen molar-refractivity contribution in [1.82, 2.24) is 9.47 Å². The summed E-state index contributed by atoms with van der Waals surface area (Å²) in [6, 6.07) is 11.8. The van der Waals surface area contributed by atoms with E-state index in [0.717, 1.165) is 23.7 Å². The summed E-state index contributed by atoms with van der Waals surface area (Å²) in [7, 11) is -0.300. The molecule has 0 radical (unpaired) electrons. The Kier molecular flexibility index (Phi) is 4.51. The van der Waals surface area contributed by atoms with Crippen LogP contribution < -0.4 is 0 Å². The maximum Gasteiger partial charge on any atom is 0.319 e. The minimum Gasteiger partial charge on any atom is -0.312 e. The monoisotopic (exact) mass is 304 g/mol. The zero-order valence-corrected chi connectivity index (χ0v) is 14.3. The largest absolute Gasteiger partial charge is 0.319 e. The lowest BCUT2D eigenvalue weighted by Crippen LogP contribution is -2.55. The van der Waals surface area contributed by atoms with Crippen LogP contribution in [0.4, 0.5) is 4.79 Å². The molecule has 5 heteroatoms. The van der Waals surface area contributed by atoms with Gasteiger partial charge in [0.05, 0.1) is 0 Å². The standard InChI is InChI=1S/C16H24N2O2Si/c1-5-21(6-2,7-3)18-15(19)14(17(4)16(18)20)13-11-9-8-10-12-13/h8-12,14H,5-7H2,1-4H3. The van der Waals surface area contributed by atoms with Gasteiger partial charge in [0, 0.05) is 7.05 Å². The average molecular weight is 304 g/mol. The highest BCUT2D eigenvalue weighted by Gasteiger charge is 2.52. The van der Waals surface area contributed by atoms with Crippen molar-refractivity contribution in [2.75, 3.05) is 7.05 Å². The Balaban J connectivity index is 2.44. The van der Waals surface area contributed by atoms with Crippen molar-refractivity contribution in [3.63, 3.8) is 0 Å². The van der Waals surface area contributed by atoms with Gasteiger partial charge in [-0.25, -0.2) is 4.79 Å². The maximum absolute atomic E-state index is 12.9. The fraction of sp³-hybridized carbons (Fsp3) is 0.500. The summed E-state index contributed by atoms with van der Waals surface area (Å²) in [5.74, 6) is -0.0362. The van der Waals surface area contributed by atoms with Gasteiger partial charge >= 0.3 is 6.03 Å². The van der Waals surface area contributed by atoms with Crippen molar-refractivity contribution in [3.05, 3.63) is 35.9 Å². The number of hydrogen-bond acceptors (Lipinski definition) is 2. The molecule has 1 aliphatic rings. The Bertz CT molecular complexity index is 520. The third-order valence-electron chi connectivity index (χ3n) is 4.90. The number of urea groups is 1. The lowest BCUT2D eigenvalue weighted by molar-refractivity contribution is -0.125. The molecule has 21 heavy (non-hydrogen) atoms. The summed E-state index contributed by atoms with van der Waals surface area (Å²) in [6.45, 7) is 6.32. The molecule has 1 saturated heterocycles. The Hall–Kier alpha value is -1.62. The first-order chi connectivity index (χ1) is 10.0. The smallest absolute Gasteiger partial charge is 0.312 e. The van der Waals surface area contributed by atoms with Crippen LogP contribution in [0.5, 0.6) is 0 Å². The van der Waals surface area contributed by atoms with E-state index < -0.39 is 14.3 Å². The second-order valence-electron chi connectivity index (χ2n) is 5.67. The molecule has 0 aromatic heterocycles. The van der Waals surface area contributed by atoms with Crippen LogP contribution in [0.3, 0.4) is 0 Å². The summed E-state index contributed by atoms with van der Waals surface area (Å²) in [6.07, 6.45) is 0. The van der Waals surface area contributed by atoms with E-state index in [1.165, 1.54) is 0 Å². The fourth-order valence-electron chi connectivity index (χ4n) is 3.31. The quantitative estimate of drug-likeness (QED) is 0.615. The second-order valence-corrected chi connectivity index (χ2v) is 10.7. The van der Waals surface area contributed by atoms with Crippen molar-refractivity contribution >= 4 is 20.2 Å². The van der Waals surface area contributed by atoms with E-state index in [-0.39, 0.29) is 11.9 Å². The number of hydrogen-bond donors (Lipinski definition) is 0. The Morgan fingerprint density at radius 1 is 1.00 bits per heavy atom. The number of carbonyl (C=O) groups excluding carboxylic acids is 2. The summed E-state index contributed by atoms with van der Waals surface area (Å²) >= 11 is 0. The molecule has 0 aliphatic carbocycles. The van der Waals surface area contributed by atoms with E-state index in [9.17, 15) is 9.59 Å². The van der Waals surface area contributed by atoms with Crippen molar-refractivity contribution in [2.24, 2.45) is 0 Å². The zero-order valence-electron chi connectivity index (χ0n) is 13.3. The number of carbonyl (C=O) groups is 2. The van der Waals surface area contributed by atoms with Crippen molar-refractivity contribution < 1.29 is 9.59 Å². The number of benzene rings is 1. The van der Waals surface area contributed by atoms with Crippen LogP contribution in [-0.2, 0) is 4.79 Å². The summed E-state index contributed by atoms with van der Waals surface area (Å²) in [5, 5.41) is 0. The summed E-state index contributed by atoms with van der Waals surface area (Å²) in [5.41, 5.74) is 0.895. The molecule has 2 rings (SSSR count). The Morgan fingerprint density at radius 3 is 2.00 bits per heavy atom. The fourth-order valence-corrected chi connectivity index (χ4v) is 6.91. The van der Waals surface area contributed by atoms with Gasteiger partial charge in [-0.1, -0.05) is 51.1 Å². The van der Waals surface area contributed by atoms with Gasteiger partial charge in [0.25, 0.3) is 0 Å². The maximum atomic E-state index is 12.9. The van der Waals surface area contributed by atoms with Crippen LogP contribution in [0.15, 0.2) is 30.3 Å². The predicted octanol–water partition coefficient (Wildman–Crippen LogP) is 3.63. The molecule has 0 spiro atoms. The van der Waals surface area contributed by atoms with Crippen molar-refractivity contribution in [3.8, 4) is 0 Å². The number of rotatable bonds is 5. The molecule has 1 aliphatic heterocycles. The van der Waals surface area contributed by atoms with E-state index >= 15 is 0 Å². The van der Waals surface area contributed by atoms with Crippen LogP contribution in [0.2, 0.25) is 18.1 Å². The molecule has 1 aromatic carbocycles. The highest BCUT2D eigenvalue weighted by molar-refractivity contribution is 6.81. The molecular weight excluding hydrogens is 280 g/mol. The van der Waals surface area contributed by atoms with Crippen molar-refractivity contribution in [1.29, 1.82) is 0 Å². The molecule has 1 atom stereocenters. The molecule has 1 fully saturated rings. The molecule has 114 valence electrons. The molecule has 0 bridgehead atoms. The van der Waals surface area contributed by atoms with Gasteiger partial charge < -0.3 is 4.90 Å². The number of nitrogens with zero attached hydrogens (tertiary/aromatic N) is 2. The van der Waals surface area contributed by atoms with Crippen LogP contribution in [0.25, 0.3) is 0 Å². The first-order valence-electron chi connectivity index (χ1n) is 7.68. The van der Waals surface area contributed by atoms with Gasteiger partial charge in [-0.3, -0.25) is 9.36 Å². The van der Waals surface area contributed by atoms with E-state index in [4.69, 9.17) is 0 Å². The molecule has 0 saturated carbocycles. The highest BCUT2D eigenvalue weighted by atomic mass is 28.3. The average Bonchev–Trinajstić information content (AvgIpc) is 2.74. The van der Waals surface area contributed by atoms with Crippen LogP contribution >= 0.6 is 0 Å². The van der Waals surface area contributed by atoms with Gasteiger partial charge in [-0.15, -0.1) is 0 Å². The molecule has 0 N–H and O–H groups in total. The second kappa shape index (κ2) is 6.01. The van der Waals surface area contributed by atoms with Gasteiger partial charge in [0.1, 0.15) is 6.04 Å². The first-order valence-corrected chi connectivity index (χ1v) is 10.2.